The van der Waals surface area contributed by atoms with E-state index in [0.717, 1.165) is 18.4 Å². The number of hydrogen-bond acceptors (Lipinski definition) is 5. The average Bonchev–Trinajstić information content (AvgIpc) is 3.02. The number of nitrogens with zero attached hydrogens (tertiary/aromatic N) is 2. The third kappa shape index (κ3) is 4.41. The molecular formula is C22H22ClF3N2O5. The Hall–Kier alpha value is -2.72. The maximum Gasteiger partial charge on any atom is 0.522 e. The third-order valence-corrected chi connectivity index (χ3v) is 6.29. The van der Waals surface area contributed by atoms with Crippen molar-refractivity contribution < 1.29 is 32.5 Å². The van der Waals surface area contributed by atoms with E-state index < -0.39 is 24.4 Å². The van der Waals surface area contributed by atoms with Crippen LogP contribution in [0, 0.1) is 0 Å². The van der Waals surface area contributed by atoms with Crippen LogP contribution in [0.4, 0.5) is 13.2 Å². The Morgan fingerprint density at radius 1 is 1.27 bits per heavy atom. The Morgan fingerprint density at radius 3 is 2.67 bits per heavy atom. The molecule has 0 bridgehead atoms. The molecule has 1 N–H and O–H groups in total. The van der Waals surface area contributed by atoms with Crippen LogP contribution in [0.25, 0.3) is 11.3 Å². The van der Waals surface area contributed by atoms with E-state index >= 15 is 0 Å². The normalized spacial score (nSPS) is 18.5. The van der Waals surface area contributed by atoms with Gasteiger partial charge in [0.1, 0.15) is 11.3 Å². The lowest BCUT2D eigenvalue weighted by Gasteiger charge is -2.44. The second-order valence-corrected chi connectivity index (χ2v) is 9.07. The number of carboxylic acid groups (broad SMARTS) is 1. The number of benzene rings is 1. The summed E-state index contributed by atoms with van der Waals surface area (Å²) >= 11 is 6.40. The third-order valence-electron chi connectivity index (χ3n) is 5.99. The van der Waals surface area contributed by atoms with Crippen LogP contribution in [0.3, 0.4) is 0 Å². The van der Waals surface area contributed by atoms with Crippen molar-refractivity contribution in [3.8, 4) is 17.0 Å². The summed E-state index contributed by atoms with van der Waals surface area (Å²) < 4.78 is 47.5. The van der Waals surface area contributed by atoms with E-state index in [2.05, 4.69) is 4.74 Å². The van der Waals surface area contributed by atoms with Gasteiger partial charge < -0.3 is 9.84 Å². The molecule has 2 aliphatic heterocycles. The van der Waals surface area contributed by atoms with Gasteiger partial charge in [0.25, 0.3) is 0 Å². The highest BCUT2D eigenvalue weighted by Crippen LogP contribution is 2.49. The number of fused-ring (bicyclic) bond motifs is 6. The van der Waals surface area contributed by atoms with Gasteiger partial charge in [-0.3, -0.25) is 19.2 Å². The van der Waals surface area contributed by atoms with E-state index in [9.17, 15) is 27.9 Å². The van der Waals surface area contributed by atoms with E-state index in [1.54, 1.807) is 16.8 Å². The molecule has 1 aromatic heterocycles. The van der Waals surface area contributed by atoms with Crippen molar-refractivity contribution in [1.82, 2.24) is 4.68 Å². The van der Waals surface area contributed by atoms with Gasteiger partial charge in [0.15, 0.2) is 5.43 Å². The first-order valence-electron chi connectivity index (χ1n) is 10.4. The average molecular weight is 487 g/mol. The van der Waals surface area contributed by atoms with Gasteiger partial charge in [0.05, 0.1) is 35.5 Å². The summed E-state index contributed by atoms with van der Waals surface area (Å²) in [5.41, 5.74) is 0.789. The number of carboxylic acids is 1. The van der Waals surface area contributed by atoms with Crippen LogP contribution in [0.2, 0.25) is 5.02 Å². The van der Waals surface area contributed by atoms with Crippen molar-refractivity contribution in [3.63, 3.8) is 0 Å². The fourth-order valence-corrected chi connectivity index (χ4v) is 4.77. The molecule has 4 rings (SSSR count). The van der Waals surface area contributed by atoms with Gasteiger partial charge in [-0.25, -0.2) is 4.79 Å². The standard InChI is InChI=1S/C22H22ClF3N2O5/c1-21(2)5-4-16-13-9-19(32-6-3-7-33-22(24,25)26)15(23)8-12(13)17-10-18(29)14(20(30)31)11-27(17)28(16)21/h8-11,16H,3-7H2,1-2H3,(H,30,31). The summed E-state index contributed by atoms with van der Waals surface area (Å²) in [5, 5.41) is 11.7. The van der Waals surface area contributed by atoms with Crippen LogP contribution in [-0.2, 0) is 4.74 Å². The maximum atomic E-state index is 12.5. The molecule has 0 saturated carbocycles. The van der Waals surface area contributed by atoms with Gasteiger partial charge in [-0.2, -0.15) is 0 Å². The highest BCUT2D eigenvalue weighted by molar-refractivity contribution is 6.32. The fourth-order valence-electron chi connectivity index (χ4n) is 4.55. The molecule has 2 aliphatic rings. The minimum Gasteiger partial charge on any atom is -0.492 e. The largest absolute Gasteiger partial charge is 0.522 e. The molecule has 3 heterocycles. The van der Waals surface area contributed by atoms with Gasteiger partial charge in [0, 0.05) is 24.2 Å². The number of hydrogen-bond donors (Lipinski definition) is 1. The van der Waals surface area contributed by atoms with Crippen molar-refractivity contribution in [3.05, 3.63) is 50.8 Å². The predicted octanol–water partition coefficient (Wildman–Crippen LogP) is 4.74. The van der Waals surface area contributed by atoms with Crippen molar-refractivity contribution in [2.75, 3.05) is 18.2 Å². The summed E-state index contributed by atoms with van der Waals surface area (Å²) in [4.78, 5) is 24.0. The molecule has 7 nitrogen and oxygen atoms in total. The second-order valence-electron chi connectivity index (χ2n) is 8.66. The van der Waals surface area contributed by atoms with Crippen molar-refractivity contribution in [2.24, 2.45) is 0 Å². The van der Waals surface area contributed by atoms with Gasteiger partial charge in [-0.05, 0) is 44.4 Å². The van der Waals surface area contributed by atoms with Crippen molar-refractivity contribution >= 4 is 17.6 Å². The number of carbonyl (C=O) groups is 1. The minimum absolute atomic E-state index is 0.0195. The van der Waals surface area contributed by atoms with Crippen molar-refractivity contribution in [1.29, 1.82) is 0 Å². The highest BCUT2D eigenvalue weighted by Gasteiger charge is 2.45. The molecule has 1 atom stereocenters. The highest BCUT2D eigenvalue weighted by atomic mass is 35.5. The van der Waals surface area contributed by atoms with E-state index in [4.69, 9.17) is 16.3 Å². The van der Waals surface area contributed by atoms with Crippen LogP contribution < -0.4 is 15.2 Å². The smallest absolute Gasteiger partial charge is 0.492 e. The van der Waals surface area contributed by atoms with Crippen LogP contribution in [0.5, 0.6) is 5.75 Å². The molecule has 11 heteroatoms. The molecule has 2 aromatic rings. The zero-order valence-electron chi connectivity index (χ0n) is 17.9. The van der Waals surface area contributed by atoms with E-state index in [1.807, 2.05) is 18.9 Å². The van der Waals surface area contributed by atoms with Gasteiger partial charge in [0.2, 0.25) is 0 Å². The predicted molar refractivity (Wildman–Crippen MR) is 114 cm³/mol. The number of ether oxygens (including phenoxy) is 2. The summed E-state index contributed by atoms with van der Waals surface area (Å²) in [6.07, 6.45) is -1.73. The molecule has 33 heavy (non-hydrogen) atoms. The lowest BCUT2D eigenvalue weighted by atomic mass is 9.94. The van der Waals surface area contributed by atoms with Crippen LogP contribution in [0.1, 0.15) is 55.1 Å². The Labute approximate surface area is 192 Å². The van der Waals surface area contributed by atoms with E-state index in [-0.39, 0.29) is 35.2 Å². The molecule has 1 fully saturated rings. The number of aromatic nitrogens is 1. The molecule has 1 aromatic carbocycles. The zero-order valence-corrected chi connectivity index (χ0v) is 18.7. The first-order chi connectivity index (χ1) is 15.4. The summed E-state index contributed by atoms with van der Waals surface area (Å²) in [6.45, 7) is 3.52. The number of alkyl halides is 3. The molecule has 178 valence electrons. The van der Waals surface area contributed by atoms with E-state index in [0.29, 0.717) is 17.0 Å². The lowest BCUT2D eigenvalue weighted by Crippen LogP contribution is -2.50. The molecule has 0 spiro atoms. The number of halogens is 4. The monoisotopic (exact) mass is 486 g/mol. The molecule has 1 saturated heterocycles. The molecule has 0 aliphatic carbocycles. The van der Waals surface area contributed by atoms with Gasteiger partial charge in [-0.15, -0.1) is 13.2 Å². The number of rotatable bonds is 6. The Balaban J connectivity index is 1.71. The Morgan fingerprint density at radius 2 is 2.00 bits per heavy atom. The van der Waals surface area contributed by atoms with Crippen molar-refractivity contribution in [2.45, 2.75) is 51.1 Å². The molecule has 0 amide bonds. The van der Waals surface area contributed by atoms with Gasteiger partial charge >= 0.3 is 12.3 Å². The first kappa shape index (κ1) is 23.4. The van der Waals surface area contributed by atoms with Crippen LogP contribution in [0.15, 0.2) is 29.2 Å². The fraction of sp³-hybridized carbons (Fsp3) is 0.455. The summed E-state index contributed by atoms with van der Waals surface area (Å²) in [5.74, 6) is -0.976. The molecule has 0 radical (unpaired) electrons. The van der Waals surface area contributed by atoms with E-state index in [1.165, 1.54) is 12.3 Å². The van der Waals surface area contributed by atoms with Crippen LogP contribution in [-0.4, -0.2) is 40.9 Å². The number of aromatic carboxylic acids is 1. The van der Waals surface area contributed by atoms with Crippen LogP contribution >= 0.6 is 11.6 Å². The lowest BCUT2D eigenvalue weighted by molar-refractivity contribution is -0.324. The maximum absolute atomic E-state index is 12.5. The number of pyridine rings is 1. The minimum atomic E-state index is -4.69. The SMILES string of the molecule is CC1(C)CCC2c3cc(OCCCOC(F)(F)F)c(Cl)cc3-c3cc(=O)c(C(=O)O)cn3N21. The Bertz CT molecular complexity index is 1160. The summed E-state index contributed by atoms with van der Waals surface area (Å²) in [7, 11) is 0. The van der Waals surface area contributed by atoms with Gasteiger partial charge in [-0.1, -0.05) is 11.6 Å². The summed E-state index contributed by atoms with van der Waals surface area (Å²) in [6, 6.07) is 4.56. The second kappa shape index (κ2) is 8.25. The Kier molecular flexibility index (Phi) is 5.86. The molecule has 1 unspecified atom stereocenters. The zero-order chi connectivity index (χ0) is 24.1. The quantitative estimate of drug-likeness (QED) is 0.594. The first-order valence-corrected chi connectivity index (χ1v) is 10.7. The molecular weight excluding hydrogens is 465 g/mol. The topological polar surface area (TPSA) is 81.0 Å².